The van der Waals surface area contributed by atoms with E-state index in [4.69, 9.17) is 0 Å². The first kappa shape index (κ1) is 9.52. The van der Waals surface area contributed by atoms with Crippen LogP contribution in [0.3, 0.4) is 0 Å². The van der Waals surface area contributed by atoms with E-state index in [9.17, 15) is 4.79 Å². The average molecular weight is 175 g/mol. The van der Waals surface area contributed by atoms with E-state index in [2.05, 4.69) is 5.32 Å². The van der Waals surface area contributed by atoms with Crippen molar-refractivity contribution in [3.63, 3.8) is 0 Å². The molecule has 0 fully saturated rings. The summed E-state index contributed by atoms with van der Waals surface area (Å²) in [7, 11) is 0. The smallest absolute Gasteiger partial charge is 0.211 e. The second-order valence-corrected chi connectivity index (χ2v) is 2.98. The van der Waals surface area contributed by atoms with Crippen molar-refractivity contribution in [3.05, 3.63) is 41.6 Å². The second-order valence-electron chi connectivity index (χ2n) is 2.98. The molecule has 0 spiro atoms. The predicted molar refractivity (Wildman–Crippen MR) is 54.0 cm³/mol. The number of allylic oxidation sites excluding steroid dienone is 1. The van der Waals surface area contributed by atoms with Crippen LogP contribution in [0.5, 0.6) is 0 Å². The van der Waals surface area contributed by atoms with Crippen LogP contribution in [-0.2, 0) is 4.79 Å². The third-order valence-corrected chi connectivity index (χ3v) is 1.87. The summed E-state index contributed by atoms with van der Waals surface area (Å²) in [5.41, 5.74) is 3.41. The summed E-state index contributed by atoms with van der Waals surface area (Å²) in [5, 5.41) is 2.52. The minimum atomic E-state index is 0.664. The lowest BCUT2D eigenvalue weighted by molar-refractivity contribution is -0.108. The van der Waals surface area contributed by atoms with E-state index >= 15 is 0 Å². The van der Waals surface area contributed by atoms with Gasteiger partial charge in [-0.1, -0.05) is 29.8 Å². The Morgan fingerprint density at radius 1 is 1.31 bits per heavy atom. The maximum Gasteiger partial charge on any atom is 0.211 e. The zero-order valence-electron chi connectivity index (χ0n) is 7.87. The largest absolute Gasteiger partial charge is 0.335 e. The van der Waals surface area contributed by atoms with Gasteiger partial charge < -0.3 is 5.32 Å². The molecular weight excluding hydrogens is 162 g/mol. The Bertz CT molecular complexity index is 311. The van der Waals surface area contributed by atoms with Gasteiger partial charge in [-0.05, 0) is 25.0 Å². The summed E-state index contributed by atoms with van der Waals surface area (Å²) in [6.45, 7) is 4.01. The molecule has 1 aromatic carbocycles. The van der Waals surface area contributed by atoms with E-state index < -0.39 is 0 Å². The Balaban J connectivity index is 2.82. The van der Waals surface area contributed by atoms with Crippen LogP contribution in [0.1, 0.15) is 18.1 Å². The highest BCUT2D eigenvalue weighted by molar-refractivity contribution is 5.65. The molecule has 0 radical (unpaired) electrons. The summed E-state index contributed by atoms with van der Waals surface area (Å²) in [5.74, 6) is 0. The third kappa shape index (κ3) is 2.75. The average Bonchev–Trinajstić information content (AvgIpc) is 2.15. The van der Waals surface area contributed by atoms with Crippen LogP contribution in [0.15, 0.2) is 30.5 Å². The molecule has 0 atom stereocenters. The van der Waals surface area contributed by atoms with Crippen LogP contribution < -0.4 is 5.32 Å². The van der Waals surface area contributed by atoms with Crippen molar-refractivity contribution in [3.8, 4) is 0 Å². The molecule has 1 aromatic rings. The van der Waals surface area contributed by atoms with E-state index in [0.29, 0.717) is 6.41 Å². The van der Waals surface area contributed by atoms with Crippen molar-refractivity contribution < 1.29 is 4.79 Å². The Labute approximate surface area is 78.3 Å². The van der Waals surface area contributed by atoms with Gasteiger partial charge in [0.1, 0.15) is 0 Å². The van der Waals surface area contributed by atoms with E-state index in [0.717, 1.165) is 11.1 Å². The zero-order chi connectivity index (χ0) is 9.68. The Morgan fingerprint density at radius 2 is 1.92 bits per heavy atom. The SMILES string of the molecule is C/C(=C/NC=O)c1ccc(C)cc1. The fourth-order valence-corrected chi connectivity index (χ4v) is 1.06. The van der Waals surface area contributed by atoms with Gasteiger partial charge in [-0.25, -0.2) is 0 Å². The fraction of sp³-hybridized carbons (Fsp3) is 0.182. The molecule has 2 nitrogen and oxygen atoms in total. The summed E-state index contributed by atoms with van der Waals surface area (Å²) in [4.78, 5) is 10.0. The molecule has 0 aliphatic rings. The molecule has 1 amide bonds. The van der Waals surface area contributed by atoms with Crippen LogP contribution in [-0.4, -0.2) is 6.41 Å². The summed E-state index contributed by atoms with van der Waals surface area (Å²) >= 11 is 0. The highest BCUT2D eigenvalue weighted by atomic mass is 16.1. The third-order valence-electron chi connectivity index (χ3n) is 1.87. The van der Waals surface area contributed by atoms with Gasteiger partial charge in [-0.15, -0.1) is 0 Å². The van der Waals surface area contributed by atoms with Crippen molar-refractivity contribution in [2.75, 3.05) is 0 Å². The molecule has 0 unspecified atom stereocenters. The number of hydrogen-bond donors (Lipinski definition) is 1. The van der Waals surface area contributed by atoms with Gasteiger partial charge in [0.15, 0.2) is 0 Å². The normalized spacial score (nSPS) is 11.1. The Morgan fingerprint density at radius 3 is 2.46 bits per heavy atom. The molecule has 0 saturated carbocycles. The van der Waals surface area contributed by atoms with E-state index in [1.54, 1.807) is 6.20 Å². The number of hydrogen-bond acceptors (Lipinski definition) is 1. The topological polar surface area (TPSA) is 29.1 Å². The van der Waals surface area contributed by atoms with Gasteiger partial charge in [-0.2, -0.15) is 0 Å². The maximum absolute atomic E-state index is 10.0. The van der Waals surface area contributed by atoms with E-state index in [1.807, 2.05) is 38.1 Å². The Hall–Kier alpha value is -1.57. The molecular formula is C11H13NO. The van der Waals surface area contributed by atoms with Crippen LogP contribution in [0.4, 0.5) is 0 Å². The van der Waals surface area contributed by atoms with Crippen LogP contribution in [0, 0.1) is 6.92 Å². The first-order valence-electron chi connectivity index (χ1n) is 4.17. The number of rotatable bonds is 3. The molecule has 0 saturated heterocycles. The number of carbonyl (C=O) groups is 1. The van der Waals surface area contributed by atoms with Crippen LogP contribution >= 0.6 is 0 Å². The van der Waals surface area contributed by atoms with Gasteiger partial charge in [0.2, 0.25) is 6.41 Å². The molecule has 0 aliphatic heterocycles. The summed E-state index contributed by atoms with van der Waals surface area (Å²) in [6.07, 6.45) is 2.36. The minimum Gasteiger partial charge on any atom is -0.335 e. The lowest BCUT2D eigenvalue weighted by Crippen LogP contribution is -2.00. The van der Waals surface area contributed by atoms with Gasteiger partial charge >= 0.3 is 0 Å². The standard InChI is InChI=1S/C11H13NO/c1-9-3-5-11(6-4-9)10(2)7-12-8-13/h3-8H,1-2H3,(H,12,13)/b10-7-. The van der Waals surface area contributed by atoms with Crippen LogP contribution in [0.2, 0.25) is 0 Å². The lowest BCUT2D eigenvalue weighted by atomic mass is 10.1. The molecule has 68 valence electrons. The van der Waals surface area contributed by atoms with Gasteiger partial charge in [0.25, 0.3) is 0 Å². The Kier molecular flexibility index (Phi) is 3.26. The van der Waals surface area contributed by atoms with Gasteiger partial charge in [-0.3, -0.25) is 4.79 Å². The molecule has 1 rings (SSSR count). The van der Waals surface area contributed by atoms with Gasteiger partial charge in [0, 0.05) is 6.20 Å². The molecule has 13 heavy (non-hydrogen) atoms. The number of amides is 1. The summed E-state index contributed by atoms with van der Waals surface area (Å²) < 4.78 is 0. The first-order chi connectivity index (χ1) is 6.24. The summed E-state index contributed by atoms with van der Waals surface area (Å²) in [6, 6.07) is 8.17. The molecule has 1 N–H and O–H groups in total. The number of benzene rings is 1. The molecule has 0 bridgehead atoms. The van der Waals surface area contributed by atoms with E-state index in [1.165, 1.54) is 5.56 Å². The maximum atomic E-state index is 10.0. The van der Waals surface area contributed by atoms with E-state index in [-0.39, 0.29) is 0 Å². The lowest BCUT2D eigenvalue weighted by Gasteiger charge is -2.01. The number of carbonyl (C=O) groups excluding carboxylic acids is 1. The minimum absolute atomic E-state index is 0.664. The number of nitrogens with one attached hydrogen (secondary N) is 1. The zero-order valence-corrected chi connectivity index (χ0v) is 7.87. The molecule has 0 aliphatic carbocycles. The van der Waals surface area contributed by atoms with Crippen molar-refractivity contribution in [2.45, 2.75) is 13.8 Å². The highest BCUT2D eigenvalue weighted by Gasteiger charge is 1.93. The molecule has 2 heteroatoms. The highest BCUT2D eigenvalue weighted by Crippen LogP contribution is 2.12. The monoisotopic (exact) mass is 175 g/mol. The molecule has 0 heterocycles. The van der Waals surface area contributed by atoms with Crippen molar-refractivity contribution in [1.82, 2.24) is 5.32 Å². The van der Waals surface area contributed by atoms with Crippen molar-refractivity contribution in [1.29, 1.82) is 0 Å². The first-order valence-corrected chi connectivity index (χ1v) is 4.17. The van der Waals surface area contributed by atoms with Crippen LogP contribution in [0.25, 0.3) is 5.57 Å². The fourth-order valence-electron chi connectivity index (χ4n) is 1.06. The van der Waals surface area contributed by atoms with Crippen molar-refractivity contribution >= 4 is 12.0 Å². The van der Waals surface area contributed by atoms with Gasteiger partial charge in [0.05, 0.1) is 0 Å². The second kappa shape index (κ2) is 4.45. The molecule has 0 aromatic heterocycles. The predicted octanol–water partition coefficient (Wildman–Crippen LogP) is 2.10. The quantitative estimate of drug-likeness (QED) is 0.700. The number of aryl methyl sites for hydroxylation is 1. The van der Waals surface area contributed by atoms with Crippen molar-refractivity contribution in [2.24, 2.45) is 0 Å².